The molecule has 1 atom stereocenters. The van der Waals surface area contributed by atoms with Gasteiger partial charge in [-0.25, -0.2) is 0 Å². The van der Waals surface area contributed by atoms with Crippen molar-refractivity contribution in [3.63, 3.8) is 0 Å². The molecule has 1 unspecified atom stereocenters. The molecule has 1 amide bonds. The normalized spacial score (nSPS) is 16.8. The first kappa shape index (κ1) is 24.9. The lowest BCUT2D eigenvalue weighted by Crippen LogP contribution is -2.29. The molecule has 7 nitrogen and oxygen atoms in total. The molecule has 186 valence electrons. The molecule has 3 aromatic carbocycles. The van der Waals surface area contributed by atoms with Crippen molar-refractivity contribution in [3.05, 3.63) is 88.5 Å². The number of aliphatic hydroxyl groups is 1. The number of aliphatic hydroxyl groups excluding tert-OH is 1. The molecule has 0 aliphatic carbocycles. The summed E-state index contributed by atoms with van der Waals surface area (Å²) in [6, 6.07) is 16.8. The third-order valence-electron chi connectivity index (χ3n) is 6.09. The highest BCUT2D eigenvalue weighted by molar-refractivity contribution is 6.51. The number of anilines is 1. The highest BCUT2D eigenvalue weighted by atomic mass is 16.5. The third kappa shape index (κ3) is 4.40. The van der Waals surface area contributed by atoms with Crippen LogP contribution in [0.5, 0.6) is 17.2 Å². The van der Waals surface area contributed by atoms with Crippen LogP contribution in [0.2, 0.25) is 0 Å². The summed E-state index contributed by atoms with van der Waals surface area (Å²) >= 11 is 0. The largest absolute Gasteiger partial charge is 0.507 e. The molecule has 4 rings (SSSR count). The molecule has 0 bridgehead atoms. The lowest BCUT2D eigenvalue weighted by Gasteiger charge is -2.27. The summed E-state index contributed by atoms with van der Waals surface area (Å²) in [7, 11) is 3.02. The van der Waals surface area contributed by atoms with Gasteiger partial charge < -0.3 is 19.3 Å². The quantitative estimate of drug-likeness (QED) is 0.275. The second kappa shape index (κ2) is 10.2. The number of aryl methyl sites for hydroxylation is 2. The van der Waals surface area contributed by atoms with Gasteiger partial charge >= 0.3 is 0 Å². The van der Waals surface area contributed by atoms with Crippen LogP contribution in [0.3, 0.4) is 0 Å². The average molecular weight is 488 g/mol. The lowest BCUT2D eigenvalue weighted by atomic mass is 9.94. The minimum atomic E-state index is -0.902. The van der Waals surface area contributed by atoms with Crippen LogP contribution in [0.1, 0.15) is 35.2 Å². The van der Waals surface area contributed by atoms with E-state index in [2.05, 4.69) is 0 Å². The second-order valence-corrected chi connectivity index (χ2v) is 8.56. The summed E-state index contributed by atoms with van der Waals surface area (Å²) in [5, 5.41) is 11.4. The van der Waals surface area contributed by atoms with Crippen LogP contribution in [0, 0.1) is 13.8 Å². The molecule has 1 fully saturated rings. The van der Waals surface area contributed by atoms with Gasteiger partial charge in [-0.1, -0.05) is 24.3 Å². The van der Waals surface area contributed by atoms with E-state index in [9.17, 15) is 14.7 Å². The maximum absolute atomic E-state index is 13.5. The van der Waals surface area contributed by atoms with Gasteiger partial charge in [0.2, 0.25) is 0 Å². The molecule has 1 aliphatic heterocycles. The zero-order chi connectivity index (χ0) is 26.0. The Bertz CT molecular complexity index is 1340. The van der Waals surface area contributed by atoms with Crippen LogP contribution < -0.4 is 19.1 Å². The smallest absolute Gasteiger partial charge is 0.300 e. The number of para-hydroxylation sites is 1. The summed E-state index contributed by atoms with van der Waals surface area (Å²) in [6.45, 7) is 6.11. The number of carbonyl (C=O) groups excluding carboxylic acids is 2. The number of benzene rings is 3. The SMILES string of the molecule is CCOc1cc(C2/C(=C(/O)c3ccccc3OC)C(=O)C(=O)N2c2cc(C)cc(C)c2)ccc1OC. The Morgan fingerprint density at radius 1 is 0.889 bits per heavy atom. The molecule has 1 heterocycles. The number of ether oxygens (including phenoxy) is 3. The summed E-state index contributed by atoms with van der Waals surface area (Å²) in [5.74, 6) is -0.436. The summed E-state index contributed by atoms with van der Waals surface area (Å²) in [4.78, 5) is 28.4. The molecule has 0 radical (unpaired) electrons. The first-order valence-electron chi connectivity index (χ1n) is 11.6. The van der Waals surface area contributed by atoms with Crippen molar-refractivity contribution in [1.82, 2.24) is 0 Å². The number of hydrogen-bond donors (Lipinski definition) is 1. The maximum atomic E-state index is 13.5. The molecule has 36 heavy (non-hydrogen) atoms. The van der Waals surface area contributed by atoms with E-state index in [1.54, 1.807) is 49.6 Å². The zero-order valence-corrected chi connectivity index (χ0v) is 21.0. The van der Waals surface area contributed by atoms with Gasteiger partial charge in [0, 0.05) is 5.69 Å². The Morgan fingerprint density at radius 2 is 1.56 bits per heavy atom. The van der Waals surface area contributed by atoms with Gasteiger partial charge in [0.1, 0.15) is 11.5 Å². The van der Waals surface area contributed by atoms with Gasteiger partial charge in [-0.15, -0.1) is 0 Å². The molecular weight excluding hydrogens is 458 g/mol. The predicted octanol–water partition coefficient (Wildman–Crippen LogP) is 5.35. The molecule has 1 saturated heterocycles. The fraction of sp³-hybridized carbons (Fsp3) is 0.241. The van der Waals surface area contributed by atoms with Gasteiger partial charge in [0.05, 0.1) is 38.0 Å². The molecular formula is C29H29NO6. The Morgan fingerprint density at radius 3 is 2.19 bits per heavy atom. The van der Waals surface area contributed by atoms with E-state index in [0.29, 0.717) is 40.7 Å². The van der Waals surface area contributed by atoms with Gasteiger partial charge in [-0.05, 0) is 73.9 Å². The van der Waals surface area contributed by atoms with E-state index in [4.69, 9.17) is 14.2 Å². The lowest BCUT2D eigenvalue weighted by molar-refractivity contribution is -0.132. The van der Waals surface area contributed by atoms with E-state index in [1.165, 1.54) is 12.0 Å². The molecule has 0 aromatic heterocycles. The molecule has 1 aliphatic rings. The summed E-state index contributed by atoms with van der Waals surface area (Å²) < 4.78 is 16.6. The van der Waals surface area contributed by atoms with Crippen LogP contribution in [-0.2, 0) is 9.59 Å². The first-order chi connectivity index (χ1) is 17.3. The van der Waals surface area contributed by atoms with Crippen molar-refractivity contribution < 1.29 is 28.9 Å². The summed E-state index contributed by atoms with van der Waals surface area (Å²) in [6.07, 6.45) is 0. The number of ketones is 1. The Balaban J connectivity index is 2.01. The van der Waals surface area contributed by atoms with Crippen molar-refractivity contribution in [1.29, 1.82) is 0 Å². The van der Waals surface area contributed by atoms with Crippen LogP contribution in [0.25, 0.3) is 5.76 Å². The van der Waals surface area contributed by atoms with Gasteiger partial charge in [-0.3, -0.25) is 14.5 Å². The topological polar surface area (TPSA) is 85.3 Å². The van der Waals surface area contributed by atoms with E-state index in [1.807, 2.05) is 39.0 Å². The van der Waals surface area contributed by atoms with Crippen molar-refractivity contribution in [3.8, 4) is 17.2 Å². The fourth-order valence-electron chi connectivity index (χ4n) is 4.62. The number of carbonyl (C=O) groups is 2. The van der Waals surface area contributed by atoms with Gasteiger partial charge in [-0.2, -0.15) is 0 Å². The van der Waals surface area contributed by atoms with Gasteiger partial charge in [0.25, 0.3) is 11.7 Å². The second-order valence-electron chi connectivity index (χ2n) is 8.56. The van der Waals surface area contributed by atoms with E-state index in [-0.39, 0.29) is 11.3 Å². The Labute approximate surface area is 210 Å². The summed E-state index contributed by atoms with van der Waals surface area (Å²) in [5.41, 5.74) is 3.33. The number of hydrogen-bond acceptors (Lipinski definition) is 6. The minimum Gasteiger partial charge on any atom is -0.507 e. The first-order valence-corrected chi connectivity index (χ1v) is 11.6. The molecule has 1 N–H and O–H groups in total. The van der Waals surface area contributed by atoms with Crippen LogP contribution in [0.4, 0.5) is 5.69 Å². The van der Waals surface area contributed by atoms with Crippen molar-refractivity contribution in [2.75, 3.05) is 25.7 Å². The number of amides is 1. The van der Waals surface area contributed by atoms with Crippen molar-refractivity contribution in [2.24, 2.45) is 0 Å². The number of nitrogens with zero attached hydrogens (tertiary/aromatic N) is 1. The minimum absolute atomic E-state index is 0.0312. The van der Waals surface area contributed by atoms with E-state index >= 15 is 0 Å². The standard InChI is InChI=1S/C29H29NO6/c1-6-36-24-16-19(11-12-23(24)35-5)26-25(27(31)21-9-7-8-10-22(21)34-4)28(32)29(33)30(26)20-14-17(2)13-18(3)15-20/h7-16,26,31H,6H2,1-5H3/b27-25-. The van der Waals surface area contributed by atoms with E-state index in [0.717, 1.165) is 11.1 Å². The molecule has 0 spiro atoms. The van der Waals surface area contributed by atoms with E-state index < -0.39 is 17.7 Å². The molecule has 7 heteroatoms. The highest BCUT2D eigenvalue weighted by Gasteiger charge is 2.47. The third-order valence-corrected chi connectivity index (χ3v) is 6.09. The van der Waals surface area contributed by atoms with Gasteiger partial charge in [0.15, 0.2) is 11.5 Å². The van der Waals surface area contributed by atoms with Crippen LogP contribution in [-0.4, -0.2) is 37.6 Å². The zero-order valence-electron chi connectivity index (χ0n) is 21.0. The number of Topliss-reactive ketones (excluding diaryl/α,β-unsaturated/α-hetero) is 1. The highest BCUT2D eigenvalue weighted by Crippen LogP contribution is 2.45. The monoisotopic (exact) mass is 487 g/mol. The maximum Gasteiger partial charge on any atom is 0.300 e. The molecule has 3 aromatic rings. The van der Waals surface area contributed by atoms with Crippen molar-refractivity contribution >= 4 is 23.1 Å². The number of methoxy groups -OCH3 is 2. The Hall–Kier alpha value is -4.26. The van der Waals surface area contributed by atoms with Crippen LogP contribution in [0.15, 0.2) is 66.2 Å². The average Bonchev–Trinajstić information content (AvgIpc) is 3.13. The predicted molar refractivity (Wildman–Crippen MR) is 138 cm³/mol. The Kier molecular flexibility index (Phi) is 7.01. The fourth-order valence-corrected chi connectivity index (χ4v) is 4.62. The van der Waals surface area contributed by atoms with Crippen LogP contribution >= 0.6 is 0 Å². The molecule has 0 saturated carbocycles. The van der Waals surface area contributed by atoms with Crippen molar-refractivity contribution in [2.45, 2.75) is 26.8 Å². The number of rotatable bonds is 7.